The SMILES string of the molecule is CCOP(=O)(N[C@@H](Cc1ccccc1)C(=O)N[C@@H](CC(C)C)C(=O)N[C@@H](Cc1ccccc1)[C@@H](O)c1nccs1)OCC. The lowest BCUT2D eigenvalue weighted by Gasteiger charge is -2.29. The molecule has 2 aromatic carbocycles. The van der Waals surface area contributed by atoms with Crippen LogP contribution in [0.5, 0.6) is 0 Å². The lowest BCUT2D eigenvalue weighted by atomic mass is 9.98. The topological polar surface area (TPSA) is 139 Å². The molecule has 0 aliphatic carbocycles. The molecule has 0 bridgehead atoms. The molecule has 3 aromatic rings. The first-order chi connectivity index (χ1) is 20.6. The van der Waals surface area contributed by atoms with E-state index in [1.54, 1.807) is 25.4 Å². The number of amides is 2. The maximum atomic E-state index is 13.8. The first-order valence-electron chi connectivity index (χ1n) is 14.6. The number of carbonyl (C=O) groups excluding carboxylic acids is 2. The van der Waals surface area contributed by atoms with Crippen molar-refractivity contribution in [3.05, 3.63) is 88.4 Å². The van der Waals surface area contributed by atoms with Crippen molar-refractivity contribution >= 4 is 30.9 Å². The number of thiazole rings is 1. The van der Waals surface area contributed by atoms with Gasteiger partial charge in [-0.25, -0.2) is 14.6 Å². The largest absolute Gasteiger partial charge is 0.406 e. The van der Waals surface area contributed by atoms with Gasteiger partial charge in [-0.05, 0) is 50.2 Å². The van der Waals surface area contributed by atoms with Crippen LogP contribution in [0.15, 0.2) is 72.2 Å². The molecular weight excluding hydrogens is 587 g/mol. The van der Waals surface area contributed by atoms with E-state index >= 15 is 0 Å². The number of rotatable bonds is 18. The number of carbonyl (C=O) groups is 2. The van der Waals surface area contributed by atoms with Crippen LogP contribution in [0.4, 0.5) is 0 Å². The zero-order valence-corrected chi connectivity index (χ0v) is 26.9. The third kappa shape index (κ3) is 11.3. The van der Waals surface area contributed by atoms with Crippen molar-refractivity contribution in [1.82, 2.24) is 20.7 Å². The van der Waals surface area contributed by atoms with E-state index in [1.807, 2.05) is 74.5 Å². The van der Waals surface area contributed by atoms with Gasteiger partial charge in [0.25, 0.3) is 0 Å². The molecule has 0 unspecified atom stereocenters. The van der Waals surface area contributed by atoms with Crippen LogP contribution in [-0.4, -0.2) is 53.2 Å². The minimum Gasteiger partial charge on any atom is -0.384 e. The van der Waals surface area contributed by atoms with Gasteiger partial charge in [-0.15, -0.1) is 11.3 Å². The maximum absolute atomic E-state index is 13.8. The first kappa shape index (κ1) is 34.6. The summed E-state index contributed by atoms with van der Waals surface area (Å²) in [5, 5.41) is 22.1. The fourth-order valence-corrected chi connectivity index (χ4v) is 6.79. The number of aliphatic hydroxyl groups excluding tert-OH is 1. The zero-order chi connectivity index (χ0) is 31.2. The van der Waals surface area contributed by atoms with E-state index in [1.165, 1.54) is 11.3 Å². The van der Waals surface area contributed by atoms with Gasteiger partial charge in [-0.3, -0.25) is 18.6 Å². The molecule has 0 radical (unpaired) electrons. The summed E-state index contributed by atoms with van der Waals surface area (Å²) in [6.45, 7) is 7.52. The summed E-state index contributed by atoms with van der Waals surface area (Å²) in [4.78, 5) is 31.8. The summed E-state index contributed by atoms with van der Waals surface area (Å²) in [6.07, 6.45) is 1.45. The number of nitrogens with one attached hydrogen (secondary N) is 3. The smallest absolute Gasteiger partial charge is 0.384 e. The molecule has 0 fully saturated rings. The third-order valence-electron chi connectivity index (χ3n) is 6.56. The predicted molar refractivity (Wildman–Crippen MR) is 168 cm³/mol. The van der Waals surface area contributed by atoms with E-state index in [2.05, 4.69) is 20.7 Å². The van der Waals surface area contributed by atoms with Crippen LogP contribution < -0.4 is 15.7 Å². The van der Waals surface area contributed by atoms with Crippen LogP contribution in [0.2, 0.25) is 0 Å². The Kier molecular flexibility index (Phi) is 14.0. The molecular formula is C31H43N4O6PS. The van der Waals surface area contributed by atoms with Gasteiger partial charge >= 0.3 is 7.75 Å². The molecule has 0 aliphatic heterocycles. The van der Waals surface area contributed by atoms with Gasteiger partial charge in [0.2, 0.25) is 11.8 Å². The number of aromatic nitrogens is 1. The third-order valence-corrected chi connectivity index (χ3v) is 9.23. The number of aliphatic hydroxyl groups is 1. The van der Waals surface area contributed by atoms with Gasteiger partial charge in [0.05, 0.1) is 19.3 Å². The number of hydrogen-bond donors (Lipinski definition) is 4. The maximum Gasteiger partial charge on any atom is 0.406 e. The standard InChI is InChI=1S/C31H43N4O6PS/c1-5-40-42(39,41-6-2)35-27(21-24-15-11-8-12-16-24)30(38)34-26(19-22(3)4)29(37)33-25(20-23-13-9-7-10-14-23)28(36)31-32-17-18-43-31/h7-18,22,25-28,36H,5-6,19-21H2,1-4H3,(H,33,37)(H,34,38)(H,35,39)/t25-,26-,27-,28+/m0/s1. The Balaban J connectivity index is 1.85. The molecule has 10 nitrogen and oxygen atoms in total. The highest BCUT2D eigenvalue weighted by atomic mass is 32.1. The van der Waals surface area contributed by atoms with E-state index in [0.29, 0.717) is 17.8 Å². The molecule has 1 aromatic heterocycles. The molecule has 3 rings (SSSR count). The molecule has 1 heterocycles. The minimum absolute atomic E-state index is 0.0611. The normalized spacial score (nSPS) is 14.6. The molecule has 0 saturated heterocycles. The lowest BCUT2D eigenvalue weighted by Crippen LogP contribution is -2.55. The monoisotopic (exact) mass is 630 g/mol. The molecule has 4 atom stereocenters. The fourth-order valence-electron chi connectivity index (χ4n) is 4.61. The number of benzene rings is 2. The second kappa shape index (κ2) is 17.4. The van der Waals surface area contributed by atoms with Crippen LogP contribution in [0.25, 0.3) is 0 Å². The van der Waals surface area contributed by atoms with Gasteiger partial charge < -0.3 is 15.7 Å². The summed E-state index contributed by atoms with van der Waals surface area (Å²) in [5.41, 5.74) is 1.76. The number of hydrogen-bond acceptors (Lipinski definition) is 8. The van der Waals surface area contributed by atoms with E-state index in [0.717, 1.165) is 11.1 Å². The average Bonchev–Trinajstić information content (AvgIpc) is 3.52. The highest BCUT2D eigenvalue weighted by Crippen LogP contribution is 2.44. The Hall–Kier alpha value is -2.92. The van der Waals surface area contributed by atoms with E-state index in [9.17, 15) is 19.3 Å². The summed E-state index contributed by atoms with van der Waals surface area (Å²) >= 11 is 1.30. The van der Waals surface area contributed by atoms with Crippen molar-refractivity contribution in [1.29, 1.82) is 0 Å². The van der Waals surface area contributed by atoms with Crippen LogP contribution in [0.3, 0.4) is 0 Å². The first-order valence-corrected chi connectivity index (χ1v) is 17.0. The molecule has 0 aliphatic rings. The molecule has 12 heteroatoms. The van der Waals surface area contributed by atoms with Gasteiger partial charge in [0, 0.05) is 11.6 Å². The van der Waals surface area contributed by atoms with Crippen LogP contribution in [0.1, 0.15) is 56.4 Å². The zero-order valence-electron chi connectivity index (χ0n) is 25.1. The second-order valence-electron chi connectivity index (χ2n) is 10.5. The molecule has 2 amide bonds. The second-order valence-corrected chi connectivity index (χ2v) is 13.2. The van der Waals surface area contributed by atoms with Gasteiger partial charge in [0.15, 0.2) is 0 Å². The van der Waals surface area contributed by atoms with Crippen molar-refractivity contribution in [3.8, 4) is 0 Å². The van der Waals surface area contributed by atoms with Crippen molar-refractivity contribution in [2.75, 3.05) is 13.2 Å². The molecule has 0 spiro atoms. The molecule has 43 heavy (non-hydrogen) atoms. The summed E-state index contributed by atoms with van der Waals surface area (Å²) < 4.78 is 24.2. The Morgan fingerprint density at radius 2 is 1.44 bits per heavy atom. The summed E-state index contributed by atoms with van der Waals surface area (Å²) in [5.74, 6) is -0.898. The molecule has 4 N–H and O–H groups in total. The van der Waals surface area contributed by atoms with Crippen molar-refractivity contribution in [2.24, 2.45) is 5.92 Å². The fraction of sp³-hybridized carbons (Fsp3) is 0.452. The van der Waals surface area contributed by atoms with Gasteiger partial charge in [-0.2, -0.15) is 0 Å². The average molecular weight is 631 g/mol. The molecule has 234 valence electrons. The van der Waals surface area contributed by atoms with E-state index < -0.39 is 43.8 Å². The summed E-state index contributed by atoms with van der Waals surface area (Å²) in [7, 11) is -3.81. The highest BCUT2D eigenvalue weighted by Gasteiger charge is 2.35. The Morgan fingerprint density at radius 1 is 0.884 bits per heavy atom. The quantitative estimate of drug-likeness (QED) is 0.147. The van der Waals surface area contributed by atoms with Crippen LogP contribution >= 0.6 is 19.1 Å². The Morgan fingerprint density at radius 3 is 1.95 bits per heavy atom. The van der Waals surface area contributed by atoms with Crippen molar-refractivity contribution < 1.29 is 28.3 Å². The highest BCUT2D eigenvalue weighted by molar-refractivity contribution is 7.51. The van der Waals surface area contributed by atoms with Gasteiger partial charge in [0.1, 0.15) is 23.2 Å². The van der Waals surface area contributed by atoms with E-state index in [-0.39, 0.29) is 25.6 Å². The van der Waals surface area contributed by atoms with Crippen LogP contribution in [-0.2, 0) is 36.0 Å². The number of nitrogens with zero attached hydrogens (tertiary/aromatic N) is 1. The Labute approximate surface area is 258 Å². The minimum atomic E-state index is -3.81. The van der Waals surface area contributed by atoms with Crippen LogP contribution in [0, 0.1) is 5.92 Å². The molecule has 0 saturated carbocycles. The predicted octanol–water partition coefficient (Wildman–Crippen LogP) is 4.82. The summed E-state index contributed by atoms with van der Waals surface area (Å²) in [6, 6.07) is 16.2. The van der Waals surface area contributed by atoms with Crippen molar-refractivity contribution in [2.45, 2.75) is 71.2 Å². The van der Waals surface area contributed by atoms with E-state index in [4.69, 9.17) is 9.05 Å². The lowest BCUT2D eigenvalue weighted by molar-refractivity contribution is -0.131. The van der Waals surface area contributed by atoms with Gasteiger partial charge in [-0.1, -0.05) is 74.5 Å². The Bertz CT molecular complexity index is 1290. The van der Waals surface area contributed by atoms with Crippen molar-refractivity contribution in [3.63, 3.8) is 0 Å².